The lowest BCUT2D eigenvalue weighted by atomic mass is 9.77. The summed E-state index contributed by atoms with van der Waals surface area (Å²) in [6.45, 7) is 2.20. The molecule has 416 valence electrons. The Morgan fingerprint density at radius 2 is 1.33 bits per heavy atom. The average molecular weight is 1080 g/mol. The zero-order valence-electron chi connectivity index (χ0n) is 42.2. The molecule has 4 aliphatic heterocycles. The van der Waals surface area contributed by atoms with Gasteiger partial charge in [-0.1, -0.05) is 110 Å². The van der Waals surface area contributed by atoms with Gasteiger partial charge >= 0.3 is 12.2 Å². The highest BCUT2D eigenvalue weighted by Gasteiger charge is 2.56. The van der Waals surface area contributed by atoms with Crippen molar-refractivity contribution < 1.29 is 86.2 Å². The first-order chi connectivity index (χ1) is 36.6. The molecule has 76 heavy (non-hydrogen) atoms. The summed E-state index contributed by atoms with van der Waals surface area (Å²) in [5, 5.41) is 67.2. The largest absolute Gasteiger partial charge is 0.445 e. The number of benzene rings is 3. The maximum Gasteiger partial charge on any atom is 0.407 e. The zero-order chi connectivity index (χ0) is 53.9. The molecule has 8 rings (SSSR count). The first-order valence-electron chi connectivity index (χ1n) is 25.8. The summed E-state index contributed by atoms with van der Waals surface area (Å²) in [6.07, 6.45) is -20.0. The molecule has 0 spiro atoms. The van der Waals surface area contributed by atoms with Crippen LogP contribution >= 0.6 is 0 Å². The Balaban J connectivity index is 1.03. The molecule has 4 heterocycles. The second kappa shape index (κ2) is 26.6. The predicted octanol–water partition coefficient (Wildman–Crippen LogP) is 3.44. The minimum atomic E-state index is -3.69. The van der Waals surface area contributed by atoms with Crippen LogP contribution < -0.4 is 10.6 Å². The highest BCUT2D eigenvalue weighted by atomic mass is 32.2. The number of rotatable bonds is 20. The van der Waals surface area contributed by atoms with Gasteiger partial charge in [0, 0.05) is 23.0 Å². The number of ether oxygens (including phenoxy) is 9. The molecule has 5 aliphatic rings. The normalized spacial score (nSPS) is 35.5. The van der Waals surface area contributed by atoms with Crippen LogP contribution in [-0.4, -0.2) is 169 Å². The SMILES string of the molecule is CCCS(=O)(=O)C[C@@H]1C[C@H](C)[C@@H](O[C@H]2O[C@H](CN=[N+]=[N-])[C@@H](O)C[C@H]2NC(=O)OCc2ccccc2)[C@H](O[C@@H]2O[C@H](CO)[C@@H](O[C@H]3O[C@H]4CCC(c5ccccc5)O[C@H]4[C@H](O)[C@H]3NC(=O)OCc3ccccc3)[C@H]2O)[C@H]1O. The summed E-state index contributed by atoms with van der Waals surface area (Å²) in [6, 6.07) is 24.8. The van der Waals surface area contributed by atoms with Gasteiger partial charge in [0.25, 0.3) is 0 Å². The van der Waals surface area contributed by atoms with Crippen LogP contribution in [0.4, 0.5) is 9.59 Å². The molecular formula is C52H69N5O18S. The number of nitrogens with zero attached hydrogens (tertiary/aromatic N) is 3. The van der Waals surface area contributed by atoms with Crippen molar-refractivity contribution in [1.29, 1.82) is 0 Å². The van der Waals surface area contributed by atoms with Gasteiger partial charge in [-0.3, -0.25) is 0 Å². The number of aliphatic hydroxyl groups excluding tert-OH is 5. The standard InChI is InChI=1S/C52H69N5O18S/c1-3-21-76(65,66)28-33-22-29(2)44(73-48-34(23-35(59)38(71-48)24-54-57-53)55-51(63)67-26-30-13-7-4-8-14-30)47(41(33)60)75-50-43(62)46(39(25-58)72-50)74-49-40(56-52(64)68-27-31-15-9-5-10-16-31)42(61)45-37(70-49)20-19-36(69-45)32-17-11-6-12-18-32/h4-18,29,33-50,58-62H,3,19-28H2,1-2H3,(H,55,63)(H,56,64)/t29-,33-,34+,35-,36?,37-,38+,39+,40+,41-,42+,43+,44+,45+,46+,47+,48+,49+,50-/m0/s1. The number of sulfone groups is 1. The van der Waals surface area contributed by atoms with Gasteiger partial charge in [-0.15, -0.1) is 0 Å². The first-order valence-corrected chi connectivity index (χ1v) is 27.6. The van der Waals surface area contributed by atoms with Crippen molar-refractivity contribution in [2.45, 2.75) is 163 Å². The number of carbonyl (C=O) groups excluding carboxylic acids is 2. The van der Waals surface area contributed by atoms with Crippen LogP contribution in [0, 0.1) is 11.8 Å². The fourth-order valence-corrected chi connectivity index (χ4v) is 12.5. The van der Waals surface area contributed by atoms with Crippen LogP contribution in [0.2, 0.25) is 0 Å². The molecule has 3 aromatic carbocycles. The minimum absolute atomic E-state index is 0.0855. The second-order valence-electron chi connectivity index (χ2n) is 20.0. The van der Waals surface area contributed by atoms with E-state index in [0.29, 0.717) is 30.4 Å². The molecule has 24 heteroatoms. The number of hydrogen-bond acceptors (Lipinski definition) is 19. The van der Waals surface area contributed by atoms with E-state index in [0.717, 1.165) is 5.56 Å². The molecule has 0 radical (unpaired) electrons. The van der Waals surface area contributed by atoms with Gasteiger partial charge < -0.3 is 78.8 Å². The van der Waals surface area contributed by atoms with Gasteiger partial charge in [0.05, 0.1) is 61.6 Å². The lowest BCUT2D eigenvalue weighted by Crippen LogP contribution is -2.66. The Kier molecular flexibility index (Phi) is 20.0. The lowest BCUT2D eigenvalue weighted by molar-refractivity contribution is -0.310. The van der Waals surface area contributed by atoms with Crippen molar-refractivity contribution >= 4 is 22.0 Å². The van der Waals surface area contributed by atoms with Gasteiger partial charge in [0.1, 0.15) is 55.9 Å². The topological polar surface area (TPSA) is 325 Å². The molecule has 4 saturated heterocycles. The van der Waals surface area contributed by atoms with Crippen LogP contribution in [0.5, 0.6) is 0 Å². The Morgan fingerprint density at radius 1 is 0.724 bits per heavy atom. The summed E-state index contributed by atoms with van der Waals surface area (Å²) in [4.78, 5) is 29.5. The maximum atomic E-state index is 13.5. The number of aliphatic hydroxyl groups is 5. The number of amides is 2. The number of carbonyl (C=O) groups is 2. The molecule has 0 bridgehead atoms. The Morgan fingerprint density at radius 3 is 1.96 bits per heavy atom. The van der Waals surface area contributed by atoms with Crippen molar-refractivity contribution in [3.63, 3.8) is 0 Å². The van der Waals surface area contributed by atoms with Gasteiger partial charge in [-0.2, -0.15) is 0 Å². The van der Waals surface area contributed by atoms with E-state index in [1.807, 2.05) is 42.5 Å². The van der Waals surface area contributed by atoms with E-state index >= 15 is 0 Å². The Labute approximate surface area is 440 Å². The van der Waals surface area contributed by atoms with Gasteiger partial charge in [0.2, 0.25) is 0 Å². The van der Waals surface area contributed by atoms with Crippen molar-refractivity contribution in [3.8, 4) is 0 Å². The molecule has 2 amide bonds. The summed E-state index contributed by atoms with van der Waals surface area (Å²) < 4.78 is 82.3. The van der Waals surface area contributed by atoms with Crippen molar-refractivity contribution in [2.75, 3.05) is 24.7 Å². The minimum Gasteiger partial charge on any atom is -0.445 e. The first kappa shape index (κ1) is 57.2. The molecule has 23 nitrogen and oxygen atoms in total. The van der Waals surface area contributed by atoms with E-state index in [1.54, 1.807) is 62.4 Å². The quantitative estimate of drug-likeness (QED) is 0.0484. The molecule has 5 fully saturated rings. The van der Waals surface area contributed by atoms with E-state index in [9.17, 15) is 43.5 Å². The fourth-order valence-electron chi connectivity index (χ4n) is 10.7. The van der Waals surface area contributed by atoms with E-state index < -0.39 is 150 Å². The molecule has 3 aromatic rings. The molecular weight excluding hydrogens is 1010 g/mol. The Bertz CT molecular complexity index is 2490. The van der Waals surface area contributed by atoms with Gasteiger partial charge in [-0.25, -0.2) is 18.0 Å². The highest BCUT2D eigenvalue weighted by Crippen LogP contribution is 2.42. The summed E-state index contributed by atoms with van der Waals surface area (Å²) in [5.41, 5.74) is 11.4. The molecule has 1 unspecified atom stereocenters. The number of azide groups is 1. The van der Waals surface area contributed by atoms with Crippen LogP contribution in [0.1, 0.15) is 68.7 Å². The second-order valence-corrected chi connectivity index (χ2v) is 22.2. The molecule has 7 N–H and O–H groups in total. The monoisotopic (exact) mass is 1080 g/mol. The summed E-state index contributed by atoms with van der Waals surface area (Å²) >= 11 is 0. The highest BCUT2D eigenvalue weighted by molar-refractivity contribution is 7.91. The molecule has 19 atom stereocenters. The number of fused-ring (bicyclic) bond motifs is 1. The van der Waals surface area contributed by atoms with Gasteiger partial charge in [0.15, 0.2) is 28.7 Å². The number of alkyl carbamates (subject to hydrolysis) is 2. The Hall–Kier alpha value is -5.02. The number of hydrogen-bond donors (Lipinski definition) is 7. The lowest BCUT2D eigenvalue weighted by Gasteiger charge is -2.48. The van der Waals surface area contributed by atoms with Crippen LogP contribution in [0.3, 0.4) is 0 Å². The molecule has 1 saturated carbocycles. The smallest absolute Gasteiger partial charge is 0.407 e. The van der Waals surface area contributed by atoms with E-state index in [4.69, 9.17) is 48.2 Å². The third-order valence-electron chi connectivity index (χ3n) is 14.5. The van der Waals surface area contributed by atoms with Crippen molar-refractivity contribution in [1.82, 2.24) is 10.6 Å². The van der Waals surface area contributed by atoms with Gasteiger partial charge in [-0.05, 0) is 53.8 Å². The van der Waals surface area contributed by atoms with Crippen LogP contribution in [-0.2, 0) is 65.7 Å². The summed E-state index contributed by atoms with van der Waals surface area (Å²) in [5.74, 6) is -2.10. The average Bonchev–Trinajstić information content (AvgIpc) is 3.71. The fraction of sp³-hybridized carbons (Fsp3) is 0.615. The third-order valence-corrected chi connectivity index (χ3v) is 16.5. The third kappa shape index (κ3) is 14.4. The van der Waals surface area contributed by atoms with Crippen molar-refractivity contribution in [2.24, 2.45) is 17.0 Å². The summed E-state index contributed by atoms with van der Waals surface area (Å²) in [7, 11) is -3.69. The van der Waals surface area contributed by atoms with E-state index in [-0.39, 0.29) is 38.4 Å². The van der Waals surface area contributed by atoms with Crippen LogP contribution in [0.25, 0.3) is 10.4 Å². The van der Waals surface area contributed by atoms with Crippen LogP contribution in [0.15, 0.2) is 96.1 Å². The van der Waals surface area contributed by atoms with E-state index in [1.165, 1.54) is 0 Å². The molecule has 0 aromatic heterocycles. The molecule has 1 aliphatic carbocycles. The van der Waals surface area contributed by atoms with Crippen molar-refractivity contribution in [3.05, 3.63) is 118 Å². The zero-order valence-corrected chi connectivity index (χ0v) is 43.0. The number of nitrogens with one attached hydrogen (secondary N) is 2. The van der Waals surface area contributed by atoms with E-state index in [2.05, 4.69) is 20.7 Å². The predicted molar refractivity (Wildman–Crippen MR) is 267 cm³/mol. The maximum absolute atomic E-state index is 13.5.